The molecule has 3 N–H and O–H groups in total. The van der Waals surface area contributed by atoms with Gasteiger partial charge in [0.1, 0.15) is 11.2 Å². The van der Waals surface area contributed by atoms with Crippen molar-refractivity contribution in [3.8, 4) is 0 Å². The summed E-state index contributed by atoms with van der Waals surface area (Å²) in [5.74, 6) is -2.78. The lowest BCUT2D eigenvalue weighted by Crippen LogP contribution is -2.64. The number of benzene rings is 2. The molecule has 0 radical (unpaired) electrons. The van der Waals surface area contributed by atoms with E-state index in [4.69, 9.17) is 18.9 Å². The molecule has 2 unspecified atom stereocenters. The lowest BCUT2D eigenvalue weighted by Gasteiger charge is -2.38. The molecular weight excluding hydrogens is 658 g/mol. The highest BCUT2D eigenvalue weighted by Crippen LogP contribution is 2.29. The molecule has 1 aliphatic heterocycles. The van der Waals surface area contributed by atoms with Crippen LogP contribution in [0.1, 0.15) is 79.0 Å². The lowest BCUT2D eigenvalue weighted by molar-refractivity contribution is -0.154. The Kier molecular flexibility index (Phi) is 13.7. The van der Waals surface area contributed by atoms with Gasteiger partial charge in [-0.3, -0.25) is 14.9 Å². The van der Waals surface area contributed by atoms with Gasteiger partial charge in [-0.25, -0.2) is 14.4 Å². The summed E-state index contributed by atoms with van der Waals surface area (Å²) in [6.07, 6.45) is -2.41. The predicted molar refractivity (Wildman–Crippen MR) is 189 cm³/mol. The fraction of sp³-hybridized carbons (Fsp3) is 0.459. The first-order chi connectivity index (χ1) is 23.9. The van der Waals surface area contributed by atoms with E-state index in [1.807, 2.05) is 67.6 Å². The molecular formula is C37H49N5O9. The molecule has 0 saturated heterocycles. The number of alkyl carbamates (subject to hydrolysis) is 1. The molecule has 0 fully saturated rings. The Hall–Kier alpha value is -5.40. The number of carbonyl (C=O) groups is 5. The van der Waals surface area contributed by atoms with Gasteiger partial charge in [0.05, 0.1) is 12.1 Å². The van der Waals surface area contributed by atoms with Crippen molar-refractivity contribution in [1.29, 1.82) is 0 Å². The average molecular weight is 708 g/mol. The van der Waals surface area contributed by atoms with Crippen molar-refractivity contribution >= 4 is 35.9 Å². The van der Waals surface area contributed by atoms with Gasteiger partial charge in [-0.05, 0) is 65.2 Å². The second kappa shape index (κ2) is 17.5. The first-order valence-corrected chi connectivity index (χ1v) is 16.7. The fourth-order valence-electron chi connectivity index (χ4n) is 5.00. The largest absolute Gasteiger partial charge is 0.471 e. The van der Waals surface area contributed by atoms with Crippen molar-refractivity contribution < 1.29 is 42.9 Å². The normalized spacial score (nSPS) is 17.6. The van der Waals surface area contributed by atoms with Crippen molar-refractivity contribution in [2.75, 3.05) is 13.6 Å². The second-order valence-corrected chi connectivity index (χ2v) is 13.9. The van der Waals surface area contributed by atoms with Crippen LogP contribution >= 0.6 is 0 Å². The standard InChI is InChI=1S/C37H49N5O9/c1-10-21-42(9)31(44)30-28(38-23(2)43)26(39-33(40-34(46)50-36(3,4)5)41-35(47)51-37(6,7)8)22-27(48-30)32(45)49-29(24-17-13-11-14-18-24)25-19-15-12-16-20-25/h11-20,22,26,28-30H,10,21H2,1-9H3,(H,38,43)(H2,39,40,41,46,47)/t26?,28?,30-/m1/s1. The minimum atomic E-state index is -1.45. The topological polar surface area (TPSA) is 174 Å². The number of nitrogens with one attached hydrogen (secondary N) is 3. The van der Waals surface area contributed by atoms with Crippen LogP contribution < -0.4 is 16.0 Å². The van der Waals surface area contributed by atoms with E-state index in [0.717, 1.165) is 0 Å². The van der Waals surface area contributed by atoms with Gasteiger partial charge < -0.3 is 34.5 Å². The highest BCUT2D eigenvalue weighted by atomic mass is 16.6. The van der Waals surface area contributed by atoms with E-state index >= 15 is 0 Å². The summed E-state index contributed by atoms with van der Waals surface area (Å²) in [4.78, 5) is 71.4. The number of hydrogen-bond acceptors (Lipinski definition) is 9. The molecule has 0 aromatic heterocycles. The molecule has 4 amide bonds. The van der Waals surface area contributed by atoms with Crippen LogP contribution in [-0.2, 0) is 33.3 Å². The van der Waals surface area contributed by atoms with Gasteiger partial charge in [0.15, 0.2) is 12.2 Å². The van der Waals surface area contributed by atoms with E-state index in [1.165, 1.54) is 17.9 Å². The summed E-state index contributed by atoms with van der Waals surface area (Å²) in [6.45, 7) is 13.4. The van der Waals surface area contributed by atoms with Crippen LogP contribution in [0.15, 0.2) is 77.5 Å². The van der Waals surface area contributed by atoms with E-state index in [2.05, 4.69) is 20.9 Å². The molecule has 1 heterocycles. The quantitative estimate of drug-likeness (QED) is 0.143. The number of hydrogen-bond donors (Lipinski definition) is 3. The molecule has 2 aromatic carbocycles. The van der Waals surface area contributed by atoms with Gasteiger partial charge >= 0.3 is 18.2 Å². The Morgan fingerprint density at radius 1 is 0.863 bits per heavy atom. The lowest BCUT2D eigenvalue weighted by atomic mass is 9.96. The average Bonchev–Trinajstić information content (AvgIpc) is 3.02. The number of amides is 4. The van der Waals surface area contributed by atoms with Crippen molar-refractivity contribution in [2.45, 2.75) is 97.3 Å². The van der Waals surface area contributed by atoms with Crippen molar-refractivity contribution in [3.63, 3.8) is 0 Å². The zero-order chi connectivity index (χ0) is 37.9. The molecule has 14 heteroatoms. The maximum atomic E-state index is 14.0. The number of carbonyl (C=O) groups excluding carboxylic acids is 5. The number of ether oxygens (including phenoxy) is 4. The summed E-state index contributed by atoms with van der Waals surface area (Å²) in [5, 5.41) is 8.00. The van der Waals surface area contributed by atoms with Gasteiger partial charge in [-0.2, -0.15) is 0 Å². The molecule has 276 valence electrons. The SMILES string of the molecule is CCCN(C)C(=O)[C@@H]1OC(C(=O)OC(c2ccccc2)c2ccccc2)=CC(NC(=NC(=O)OC(C)(C)C)NC(=O)OC(C)(C)C)C1NC(C)=O. The Bertz CT molecular complexity index is 1560. The molecule has 51 heavy (non-hydrogen) atoms. The van der Waals surface area contributed by atoms with Gasteiger partial charge in [-0.15, -0.1) is 4.99 Å². The second-order valence-electron chi connectivity index (χ2n) is 13.9. The molecule has 3 rings (SSSR count). The zero-order valence-corrected chi connectivity index (χ0v) is 30.6. The smallest absolute Gasteiger partial charge is 0.437 e. The zero-order valence-electron chi connectivity index (χ0n) is 30.6. The summed E-state index contributed by atoms with van der Waals surface area (Å²) >= 11 is 0. The minimum Gasteiger partial charge on any atom is -0.471 e. The van der Waals surface area contributed by atoms with E-state index < -0.39 is 71.4 Å². The molecule has 0 spiro atoms. The summed E-state index contributed by atoms with van der Waals surface area (Å²) in [6, 6.07) is 15.8. The van der Waals surface area contributed by atoms with Crippen LogP contribution in [0, 0.1) is 0 Å². The van der Waals surface area contributed by atoms with Crippen LogP contribution in [-0.4, -0.2) is 83.8 Å². The number of likely N-dealkylation sites (N-methyl/N-ethyl adjacent to an activating group) is 1. The van der Waals surface area contributed by atoms with E-state index in [9.17, 15) is 24.0 Å². The van der Waals surface area contributed by atoms with E-state index in [-0.39, 0.29) is 5.76 Å². The van der Waals surface area contributed by atoms with Crippen molar-refractivity contribution in [3.05, 3.63) is 83.6 Å². The van der Waals surface area contributed by atoms with Gasteiger partial charge in [0.25, 0.3) is 5.91 Å². The first-order valence-electron chi connectivity index (χ1n) is 16.7. The summed E-state index contributed by atoms with van der Waals surface area (Å²) in [7, 11) is 1.57. The Labute approximate surface area is 298 Å². The molecule has 3 atom stereocenters. The maximum Gasteiger partial charge on any atom is 0.437 e. The predicted octanol–water partition coefficient (Wildman–Crippen LogP) is 4.75. The summed E-state index contributed by atoms with van der Waals surface area (Å²) in [5.41, 5.74) is -0.475. The van der Waals surface area contributed by atoms with E-state index in [1.54, 1.807) is 48.6 Å². The third kappa shape index (κ3) is 12.8. The van der Waals surface area contributed by atoms with Crippen LogP contribution in [0.2, 0.25) is 0 Å². The monoisotopic (exact) mass is 707 g/mol. The highest BCUT2D eigenvalue weighted by molar-refractivity contribution is 5.99. The highest BCUT2D eigenvalue weighted by Gasteiger charge is 2.44. The maximum absolute atomic E-state index is 14.0. The van der Waals surface area contributed by atoms with Crippen LogP contribution in [0.25, 0.3) is 0 Å². The minimum absolute atomic E-state index is 0.350. The third-order valence-corrected chi connectivity index (χ3v) is 7.00. The number of aliphatic imine (C=N–C) groups is 1. The Balaban J connectivity index is 2.13. The Morgan fingerprint density at radius 3 is 1.90 bits per heavy atom. The first kappa shape index (κ1) is 40.0. The molecule has 0 bridgehead atoms. The number of guanidine groups is 1. The third-order valence-electron chi connectivity index (χ3n) is 7.00. The summed E-state index contributed by atoms with van der Waals surface area (Å²) < 4.78 is 22.8. The van der Waals surface area contributed by atoms with Crippen LogP contribution in [0.4, 0.5) is 9.59 Å². The van der Waals surface area contributed by atoms with Crippen molar-refractivity contribution in [1.82, 2.24) is 20.9 Å². The molecule has 0 aliphatic carbocycles. The Morgan fingerprint density at radius 2 is 1.41 bits per heavy atom. The number of rotatable bonds is 9. The molecule has 1 aliphatic rings. The number of esters is 1. The molecule has 14 nitrogen and oxygen atoms in total. The van der Waals surface area contributed by atoms with E-state index in [0.29, 0.717) is 24.1 Å². The van der Waals surface area contributed by atoms with Gasteiger partial charge in [-0.1, -0.05) is 67.6 Å². The van der Waals surface area contributed by atoms with Crippen LogP contribution in [0.3, 0.4) is 0 Å². The van der Waals surface area contributed by atoms with Gasteiger partial charge in [0.2, 0.25) is 17.6 Å². The fourth-order valence-corrected chi connectivity index (χ4v) is 5.00. The molecule has 0 saturated carbocycles. The number of nitrogens with zero attached hydrogens (tertiary/aromatic N) is 2. The van der Waals surface area contributed by atoms with Gasteiger partial charge in [0, 0.05) is 20.5 Å². The van der Waals surface area contributed by atoms with Crippen LogP contribution in [0.5, 0.6) is 0 Å². The van der Waals surface area contributed by atoms with Crippen molar-refractivity contribution in [2.24, 2.45) is 4.99 Å². The molecule has 2 aromatic rings.